The summed E-state index contributed by atoms with van der Waals surface area (Å²) in [5.41, 5.74) is 0. The SMILES string of the molecule is CC(=O)NC1CCCN(S(=O)(=O)c2ccc(F)cc2)CCC1. The van der Waals surface area contributed by atoms with Gasteiger partial charge in [0.2, 0.25) is 15.9 Å². The Labute approximate surface area is 130 Å². The predicted molar refractivity (Wildman–Crippen MR) is 81.2 cm³/mol. The first-order valence-electron chi connectivity index (χ1n) is 7.42. The summed E-state index contributed by atoms with van der Waals surface area (Å²) in [5, 5.41) is 2.89. The number of benzene rings is 1. The maximum atomic E-state index is 12.9. The van der Waals surface area contributed by atoms with E-state index in [-0.39, 0.29) is 16.8 Å². The van der Waals surface area contributed by atoms with Crippen molar-refractivity contribution in [3.63, 3.8) is 0 Å². The zero-order valence-electron chi connectivity index (χ0n) is 12.6. The van der Waals surface area contributed by atoms with E-state index in [1.165, 1.54) is 23.4 Å². The molecule has 1 aromatic rings. The van der Waals surface area contributed by atoms with E-state index in [4.69, 9.17) is 0 Å². The molecule has 7 heteroatoms. The first kappa shape index (κ1) is 16.9. The van der Waals surface area contributed by atoms with Crippen molar-refractivity contribution >= 4 is 15.9 Å². The molecule has 1 heterocycles. The average Bonchev–Trinajstić information content (AvgIpc) is 2.41. The van der Waals surface area contributed by atoms with Crippen LogP contribution < -0.4 is 5.32 Å². The molecule has 0 radical (unpaired) electrons. The van der Waals surface area contributed by atoms with Gasteiger partial charge in [0.15, 0.2) is 0 Å². The van der Waals surface area contributed by atoms with Crippen LogP contribution in [0, 0.1) is 5.82 Å². The maximum Gasteiger partial charge on any atom is 0.243 e. The van der Waals surface area contributed by atoms with Crippen molar-refractivity contribution in [2.75, 3.05) is 13.1 Å². The number of sulfonamides is 1. The second-order valence-corrected chi connectivity index (χ2v) is 7.48. The first-order chi connectivity index (χ1) is 10.4. The summed E-state index contributed by atoms with van der Waals surface area (Å²) in [5.74, 6) is -0.508. The number of nitrogens with zero attached hydrogens (tertiary/aromatic N) is 1. The molecule has 122 valence electrons. The molecule has 1 amide bonds. The van der Waals surface area contributed by atoms with E-state index < -0.39 is 15.8 Å². The van der Waals surface area contributed by atoms with Gasteiger partial charge in [-0.25, -0.2) is 12.8 Å². The summed E-state index contributed by atoms with van der Waals surface area (Å²) in [7, 11) is -3.58. The Hall–Kier alpha value is -1.47. The highest BCUT2D eigenvalue weighted by atomic mass is 32.2. The highest BCUT2D eigenvalue weighted by molar-refractivity contribution is 7.89. The van der Waals surface area contributed by atoms with E-state index in [0.29, 0.717) is 25.9 Å². The number of carbonyl (C=O) groups is 1. The van der Waals surface area contributed by atoms with Crippen molar-refractivity contribution in [1.29, 1.82) is 0 Å². The minimum atomic E-state index is -3.58. The monoisotopic (exact) mass is 328 g/mol. The van der Waals surface area contributed by atoms with Gasteiger partial charge in [0, 0.05) is 26.1 Å². The molecule has 0 unspecified atom stereocenters. The van der Waals surface area contributed by atoms with Crippen LogP contribution in [0.2, 0.25) is 0 Å². The van der Waals surface area contributed by atoms with Crippen LogP contribution in [0.4, 0.5) is 4.39 Å². The topological polar surface area (TPSA) is 66.5 Å². The standard InChI is InChI=1S/C15H21FN2O3S/c1-12(19)17-14-4-2-10-18(11-3-5-14)22(20,21)15-8-6-13(16)7-9-15/h6-9,14H,2-5,10-11H2,1H3,(H,17,19). The first-order valence-corrected chi connectivity index (χ1v) is 8.86. The van der Waals surface area contributed by atoms with E-state index in [9.17, 15) is 17.6 Å². The molecular weight excluding hydrogens is 307 g/mol. The molecule has 1 aromatic carbocycles. The molecule has 0 atom stereocenters. The van der Waals surface area contributed by atoms with Crippen LogP contribution in [0.5, 0.6) is 0 Å². The molecule has 1 aliphatic rings. The number of amides is 1. The Morgan fingerprint density at radius 1 is 1.18 bits per heavy atom. The van der Waals surface area contributed by atoms with Crippen molar-refractivity contribution in [3.05, 3.63) is 30.1 Å². The van der Waals surface area contributed by atoms with Crippen molar-refractivity contribution in [3.8, 4) is 0 Å². The zero-order chi connectivity index (χ0) is 16.2. The quantitative estimate of drug-likeness (QED) is 0.921. The largest absolute Gasteiger partial charge is 0.354 e. The minimum Gasteiger partial charge on any atom is -0.354 e. The molecule has 5 nitrogen and oxygen atoms in total. The van der Waals surface area contributed by atoms with Gasteiger partial charge in [-0.3, -0.25) is 4.79 Å². The van der Waals surface area contributed by atoms with Crippen LogP contribution in [0.15, 0.2) is 29.2 Å². The van der Waals surface area contributed by atoms with Gasteiger partial charge in [0.05, 0.1) is 4.90 Å². The number of rotatable bonds is 3. The van der Waals surface area contributed by atoms with Gasteiger partial charge in [-0.05, 0) is 49.9 Å². The highest BCUT2D eigenvalue weighted by Gasteiger charge is 2.26. The molecule has 1 fully saturated rings. The second-order valence-electron chi connectivity index (χ2n) is 5.54. The van der Waals surface area contributed by atoms with Crippen molar-refractivity contribution in [2.45, 2.75) is 43.5 Å². The Morgan fingerprint density at radius 2 is 1.73 bits per heavy atom. The number of carbonyl (C=O) groups excluding carboxylic acids is 1. The van der Waals surface area contributed by atoms with E-state index in [1.807, 2.05) is 0 Å². The van der Waals surface area contributed by atoms with Gasteiger partial charge in [-0.2, -0.15) is 4.31 Å². The van der Waals surface area contributed by atoms with Crippen LogP contribution in [0.1, 0.15) is 32.6 Å². The van der Waals surface area contributed by atoms with Crippen LogP contribution in [-0.2, 0) is 14.8 Å². The Kier molecular flexibility index (Phi) is 5.52. The normalized spacial score (nSPS) is 18.5. The van der Waals surface area contributed by atoms with Gasteiger partial charge in [-0.15, -0.1) is 0 Å². The number of nitrogens with one attached hydrogen (secondary N) is 1. The molecule has 1 N–H and O–H groups in total. The van der Waals surface area contributed by atoms with Crippen LogP contribution in [-0.4, -0.2) is 37.8 Å². The van der Waals surface area contributed by atoms with Gasteiger partial charge < -0.3 is 5.32 Å². The lowest BCUT2D eigenvalue weighted by molar-refractivity contribution is -0.119. The summed E-state index contributed by atoms with van der Waals surface area (Å²) in [6.45, 7) is 2.32. The maximum absolute atomic E-state index is 12.9. The Bertz CT molecular complexity index is 606. The summed E-state index contributed by atoms with van der Waals surface area (Å²) < 4.78 is 39.5. The van der Waals surface area contributed by atoms with Crippen molar-refractivity contribution in [1.82, 2.24) is 9.62 Å². The van der Waals surface area contributed by atoms with E-state index in [1.54, 1.807) is 0 Å². The lowest BCUT2D eigenvalue weighted by atomic mass is 10.0. The smallest absolute Gasteiger partial charge is 0.243 e. The number of hydrogen-bond donors (Lipinski definition) is 1. The molecule has 0 saturated carbocycles. The summed E-state index contributed by atoms with van der Waals surface area (Å²) in [6.07, 6.45) is 2.89. The average molecular weight is 328 g/mol. The molecule has 1 saturated heterocycles. The molecule has 22 heavy (non-hydrogen) atoms. The van der Waals surface area contributed by atoms with Crippen molar-refractivity contribution < 1.29 is 17.6 Å². The molecule has 1 aliphatic heterocycles. The minimum absolute atomic E-state index is 0.0543. The van der Waals surface area contributed by atoms with Gasteiger partial charge in [0.25, 0.3) is 0 Å². The van der Waals surface area contributed by atoms with Crippen LogP contribution in [0.25, 0.3) is 0 Å². The Morgan fingerprint density at radius 3 is 2.23 bits per heavy atom. The molecular formula is C15H21FN2O3S. The second kappa shape index (κ2) is 7.19. The van der Waals surface area contributed by atoms with Crippen molar-refractivity contribution in [2.24, 2.45) is 0 Å². The van der Waals surface area contributed by atoms with Crippen LogP contribution >= 0.6 is 0 Å². The summed E-state index contributed by atoms with van der Waals surface area (Å²) >= 11 is 0. The fourth-order valence-corrected chi connectivity index (χ4v) is 4.23. The van der Waals surface area contributed by atoms with Gasteiger partial charge in [0.1, 0.15) is 5.82 Å². The van der Waals surface area contributed by atoms with E-state index in [2.05, 4.69) is 5.32 Å². The third-order valence-electron chi connectivity index (χ3n) is 3.78. The third-order valence-corrected chi connectivity index (χ3v) is 5.69. The number of halogens is 1. The zero-order valence-corrected chi connectivity index (χ0v) is 13.4. The van der Waals surface area contributed by atoms with E-state index >= 15 is 0 Å². The lowest BCUT2D eigenvalue weighted by Crippen LogP contribution is -2.39. The fraction of sp³-hybridized carbons (Fsp3) is 0.533. The third kappa shape index (κ3) is 4.27. The number of hydrogen-bond acceptors (Lipinski definition) is 3. The molecule has 0 aromatic heterocycles. The molecule has 2 rings (SSSR count). The lowest BCUT2D eigenvalue weighted by Gasteiger charge is -2.27. The van der Waals surface area contributed by atoms with E-state index in [0.717, 1.165) is 25.0 Å². The summed E-state index contributed by atoms with van der Waals surface area (Å²) in [6, 6.07) is 5.02. The Balaban J connectivity index is 2.04. The molecule has 0 bridgehead atoms. The molecule has 0 spiro atoms. The van der Waals surface area contributed by atoms with Crippen LogP contribution in [0.3, 0.4) is 0 Å². The predicted octanol–water partition coefficient (Wildman–Crippen LogP) is 1.90. The van der Waals surface area contributed by atoms with Gasteiger partial charge in [-0.1, -0.05) is 0 Å². The summed E-state index contributed by atoms with van der Waals surface area (Å²) in [4.78, 5) is 11.2. The van der Waals surface area contributed by atoms with Gasteiger partial charge >= 0.3 is 0 Å². The fourth-order valence-electron chi connectivity index (χ4n) is 2.71. The molecule has 0 aliphatic carbocycles. The highest BCUT2D eigenvalue weighted by Crippen LogP contribution is 2.20.